The summed E-state index contributed by atoms with van der Waals surface area (Å²) in [5.41, 5.74) is 0. The van der Waals surface area contributed by atoms with Crippen LogP contribution in [0.4, 0.5) is 0 Å². The Hall–Kier alpha value is 0.0649. The molecular weight excluding hydrogens is 94.9 g/mol. The van der Waals surface area contributed by atoms with Crippen molar-refractivity contribution >= 4 is 7.85 Å². The van der Waals surface area contributed by atoms with Gasteiger partial charge in [-0.3, -0.25) is 0 Å². The second kappa shape index (κ2) is 2.57. The van der Waals surface area contributed by atoms with E-state index in [1.807, 2.05) is 0 Å². The Morgan fingerprint density at radius 1 is 1.38 bits per heavy atom. The van der Waals surface area contributed by atoms with Crippen LogP contribution in [0.5, 0.6) is 0 Å². The lowest BCUT2D eigenvalue weighted by Gasteiger charge is -2.22. The SMILES string of the molecule is BC1CCC[C@H](C)C1. The summed E-state index contributed by atoms with van der Waals surface area (Å²) >= 11 is 0. The number of hydrogen-bond acceptors (Lipinski definition) is 0. The molecule has 0 aromatic rings. The van der Waals surface area contributed by atoms with Gasteiger partial charge >= 0.3 is 0 Å². The predicted octanol–water partition coefficient (Wildman–Crippen LogP) is 1.62. The van der Waals surface area contributed by atoms with Crippen molar-refractivity contribution in [1.82, 2.24) is 0 Å². The largest absolute Gasteiger partial charge is 0.105 e. The minimum absolute atomic E-state index is 1.01. The minimum Gasteiger partial charge on any atom is -0.0695 e. The van der Waals surface area contributed by atoms with Gasteiger partial charge in [0.15, 0.2) is 0 Å². The summed E-state index contributed by atoms with van der Waals surface area (Å²) in [5, 5.41) is 0. The molecule has 0 bridgehead atoms. The van der Waals surface area contributed by atoms with Crippen molar-refractivity contribution in [1.29, 1.82) is 0 Å². The molecule has 2 atom stereocenters. The first-order chi connectivity index (χ1) is 3.79. The molecule has 46 valence electrons. The lowest BCUT2D eigenvalue weighted by molar-refractivity contribution is 0.386. The van der Waals surface area contributed by atoms with E-state index in [-0.39, 0.29) is 0 Å². The summed E-state index contributed by atoms with van der Waals surface area (Å²) in [6, 6.07) is 0. The average Bonchev–Trinajstić information content (AvgIpc) is 1.64. The topological polar surface area (TPSA) is 0 Å². The van der Waals surface area contributed by atoms with Gasteiger partial charge in [0.05, 0.1) is 0 Å². The van der Waals surface area contributed by atoms with Crippen LogP contribution in [-0.4, -0.2) is 7.85 Å². The van der Waals surface area contributed by atoms with Gasteiger partial charge in [-0.25, -0.2) is 0 Å². The zero-order chi connectivity index (χ0) is 5.98. The molecule has 0 radical (unpaired) electrons. The fraction of sp³-hybridized carbons (Fsp3) is 1.00. The van der Waals surface area contributed by atoms with E-state index in [9.17, 15) is 0 Å². The van der Waals surface area contributed by atoms with Gasteiger partial charge in [0, 0.05) is 0 Å². The molecule has 1 fully saturated rings. The number of hydrogen-bond donors (Lipinski definition) is 0. The van der Waals surface area contributed by atoms with Gasteiger partial charge in [-0.15, -0.1) is 0 Å². The van der Waals surface area contributed by atoms with Crippen LogP contribution < -0.4 is 0 Å². The van der Waals surface area contributed by atoms with Crippen molar-refractivity contribution in [3.63, 3.8) is 0 Å². The number of rotatable bonds is 0. The Labute approximate surface area is 53.1 Å². The standard InChI is InChI=1S/C7H15B/c1-6-3-2-4-7(8)5-6/h6-7H,2-5,8H2,1H3/t6-,7?/m0/s1. The predicted molar refractivity (Wildman–Crippen MR) is 39.9 cm³/mol. The normalized spacial score (nSPS) is 39.6. The quantitative estimate of drug-likeness (QED) is 0.415. The maximum atomic E-state index is 2.37. The summed E-state index contributed by atoms with van der Waals surface area (Å²) in [6.45, 7) is 2.37. The van der Waals surface area contributed by atoms with Gasteiger partial charge in [0.25, 0.3) is 0 Å². The molecule has 0 spiro atoms. The fourth-order valence-corrected chi connectivity index (χ4v) is 1.74. The molecule has 0 heterocycles. The Balaban J connectivity index is 2.23. The van der Waals surface area contributed by atoms with E-state index >= 15 is 0 Å². The van der Waals surface area contributed by atoms with Gasteiger partial charge in [-0.05, 0) is 5.92 Å². The van der Waals surface area contributed by atoms with Crippen molar-refractivity contribution in [2.45, 2.75) is 38.4 Å². The van der Waals surface area contributed by atoms with Crippen molar-refractivity contribution in [2.75, 3.05) is 0 Å². The van der Waals surface area contributed by atoms with Crippen molar-refractivity contribution in [3.05, 3.63) is 0 Å². The Morgan fingerprint density at radius 2 is 2.12 bits per heavy atom. The highest BCUT2D eigenvalue weighted by molar-refractivity contribution is 6.11. The molecule has 0 amide bonds. The molecule has 0 aliphatic heterocycles. The molecule has 0 N–H and O–H groups in total. The molecule has 1 rings (SSSR count). The van der Waals surface area contributed by atoms with Crippen molar-refractivity contribution in [2.24, 2.45) is 5.92 Å². The van der Waals surface area contributed by atoms with Crippen molar-refractivity contribution < 1.29 is 0 Å². The molecule has 1 heteroatoms. The fourth-order valence-electron chi connectivity index (χ4n) is 1.74. The summed E-state index contributed by atoms with van der Waals surface area (Å²) in [4.78, 5) is 0. The minimum atomic E-state index is 1.01. The highest BCUT2D eigenvalue weighted by Crippen LogP contribution is 2.29. The van der Waals surface area contributed by atoms with E-state index in [0.717, 1.165) is 11.7 Å². The highest BCUT2D eigenvalue weighted by Gasteiger charge is 2.13. The second-order valence-corrected chi connectivity index (χ2v) is 3.38. The molecular formula is C7H15B. The third kappa shape index (κ3) is 1.54. The molecule has 1 aliphatic carbocycles. The molecule has 0 nitrogen and oxygen atoms in total. The molecule has 0 aromatic heterocycles. The van der Waals surface area contributed by atoms with Gasteiger partial charge in [-0.1, -0.05) is 38.4 Å². The first-order valence-corrected chi connectivity index (χ1v) is 3.79. The smallest absolute Gasteiger partial charge is 0.0695 e. The lowest BCUT2D eigenvalue weighted by atomic mass is 9.72. The maximum Gasteiger partial charge on any atom is 0.105 e. The van der Waals surface area contributed by atoms with Crippen LogP contribution in [0.2, 0.25) is 5.82 Å². The van der Waals surface area contributed by atoms with E-state index < -0.39 is 0 Å². The zero-order valence-corrected chi connectivity index (χ0v) is 5.98. The molecule has 1 saturated carbocycles. The third-order valence-corrected chi connectivity index (χ3v) is 2.20. The van der Waals surface area contributed by atoms with Gasteiger partial charge in [-0.2, -0.15) is 0 Å². The van der Waals surface area contributed by atoms with Crippen LogP contribution in [0, 0.1) is 5.92 Å². The highest BCUT2D eigenvalue weighted by atomic mass is 14.2. The summed E-state index contributed by atoms with van der Waals surface area (Å²) < 4.78 is 0. The van der Waals surface area contributed by atoms with Crippen molar-refractivity contribution in [3.8, 4) is 0 Å². The Kier molecular flexibility index (Phi) is 1.98. The molecule has 0 aromatic carbocycles. The van der Waals surface area contributed by atoms with Crippen LogP contribution >= 0.6 is 0 Å². The molecule has 8 heavy (non-hydrogen) atoms. The molecule has 0 saturated heterocycles. The van der Waals surface area contributed by atoms with Crippen LogP contribution in [-0.2, 0) is 0 Å². The molecule has 1 aliphatic rings. The van der Waals surface area contributed by atoms with E-state index in [0.29, 0.717) is 0 Å². The van der Waals surface area contributed by atoms with Gasteiger partial charge in [0.2, 0.25) is 0 Å². The average molecular weight is 110 g/mol. The van der Waals surface area contributed by atoms with Gasteiger partial charge in [0.1, 0.15) is 7.85 Å². The third-order valence-electron chi connectivity index (χ3n) is 2.20. The van der Waals surface area contributed by atoms with Gasteiger partial charge < -0.3 is 0 Å². The monoisotopic (exact) mass is 110 g/mol. The lowest BCUT2D eigenvalue weighted by Crippen LogP contribution is -2.07. The first kappa shape index (κ1) is 6.19. The maximum absolute atomic E-state index is 2.37. The summed E-state index contributed by atoms with van der Waals surface area (Å²) in [5.74, 6) is 2.03. The second-order valence-electron chi connectivity index (χ2n) is 3.38. The summed E-state index contributed by atoms with van der Waals surface area (Å²) in [7, 11) is 2.37. The summed E-state index contributed by atoms with van der Waals surface area (Å²) in [6.07, 6.45) is 5.90. The van der Waals surface area contributed by atoms with Crippen LogP contribution in [0.1, 0.15) is 32.6 Å². The van der Waals surface area contributed by atoms with E-state index in [4.69, 9.17) is 0 Å². The van der Waals surface area contributed by atoms with E-state index in [1.165, 1.54) is 25.7 Å². The Bertz CT molecular complexity index is 62.8. The van der Waals surface area contributed by atoms with E-state index in [1.54, 1.807) is 0 Å². The van der Waals surface area contributed by atoms with Crippen LogP contribution in [0.3, 0.4) is 0 Å². The first-order valence-electron chi connectivity index (χ1n) is 3.79. The molecule has 1 unspecified atom stereocenters. The van der Waals surface area contributed by atoms with Crippen LogP contribution in [0.25, 0.3) is 0 Å². The van der Waals surface area contributed by atoms with E-state index in [2.05, 4.69) is 14.8 Å². The van der Waals surface area contributed by atoms with Crippen LogP contribution in [0.15, 0.2) is 0 Å². The zero-order valence-electron chi connectivity index (χ0n) is 5.98. The Morgan fingerprint density at radius 3 is 2.50 bits per heavy atom.